The van der Waals surface area contributed by atoms with E-state index in [0.29, 0.717) is 33.8 Å². The molecule has 0 aromatic heterocycles. The molecule has 1 aliphatic carbocycles. The van der Waals surface area contributed by atoms with Crippen LogP contribution in [-0.2, 0) is 0 Å². The summed E-state index contributed by atoms with van der Waals surface area (Å²) in [6.45, 7) is 13.5. The summed E-state index contributed by atoms with van der Waals surface area (Å²) in [5.74, 6) is 1.07. The normalized spacial score (nSPS) is 13.2. The van der Waals surface area contributed by atoms with Gasteiger partial charge in [0.25, 0.3) is 0 Å². The second-order valence-corrected chi connectivity index (χ2v) is 21.3. The highest BCUT2D eigenvalue weighted by Gasteiger charge is 2.34. The lowest BCUT2D eigenvalue weighted by atomic mass is 9.84. The highest BCUT2D eigenvalue weighted by atomic mass is 28.4. The van der Waals surface area contributed by atoms with Crippen LogP contribution in [0.1, 0.15) is 123 Å². The maximum atomic E-state index is 13.5. The van der Waals surface area contributed by atoms with Gasteiger partial charge < -0.3 is 8.85 Å². The molecule has 0 spiro atoms. The molecule has 0 saturated carbocycles. The molecular formula is C34H52O4Si2. The third-order valence-electron chi connectivity index (χ3n) is 8.03. The highest BCUT2D eigenvalue weighted by Crippen LogP contribution is 2.40. The molecule has 0 radical (unpaired) electrons. The zero-order valence-electron chi connectivity index (χ0n) is 26.0. The summed E-state index contributed by atoms with van der Waals surface area (Å²) < 4.78 is 13.6. The maximum Gasteiger partial charge on any atom is 0.245 e. The third kappa shape index (κ3) is 9.17. The Bertz CT molecular complexity index is 1050. The van der Waals surface area contributed by atoms with Gasteiger partial charge in [0, 0.05) is 22.3 Å². The molecule has 0 amide bonds. The number of fused-ring (bicyclic) bond motifs is 2. The fourth-order valence-electron chi connectivity index (χ4n) is 5.62. The van der Waals surface area contributed by atoms with Crippen LogP contribution in [0.15, 0.2) is 36.4 Å². The average Bonchev–Trinajstić information content (AvgIpc) is 2.91. The minimum absolute atomic E-state index is 0.111. The van der Waals surface area contributed by atoms with Gasteiger partial charge in [0.1, 0.15) is 11.5 Å². The van der Waals surface area contributed by atoms with E-state index in [-0.39, 0.29) is 11.6 Å². The zero-order chi connectivity index (χ0) is 29.2. The fourth-order valence-corrected chi connectivity index (χ4v) is 9.54. The van der Waals surface area contributed by atoms with Crippen LogP contribution in [0.5, 0.6) is 11.5 Å². The minimum atomic E-state index is -2.08. The van der Waals surface area contributed by atoms with E-state index in [2.05, 4.69) is 40.0 Å². The van der Waals surface area contributed by atoms with E-state index in [4.69, 9.17) is 8.85 Å². The van der Waals surface area contributed by atoms with Crippen molar-refractivity contribution in [3.63, 3.8) is 0 Å². The molecule has 220 valence electrons. The van der Waals surface area contributed by atoms with Crippen molar-refractivity contribution in [3.05, 3.63) is 58.7 Å². The topological polar surface area (TPSA) is 52.6 Å². The van der Waals surface area contributed by atoms with E-state index in [0.717, 1.165) is 24.9 Å². The van der Waals surface area contributed by atoms with Crippen LogP contribution >= 0.6 is 0 Å². The quantitative estimate of drug-likeness (QED) is 0.111. The average molecular weight is 581 g/mol. The first-order valence-electron chi connectivity index (χ1n) is 15.8. The van der Waals surface area contributed by atoms with Crippen molar-refractivity contribution >= 4 is 28.2 Å². The van der Waals surface area contributed by atoms with E-state index < -0.39 is 16.6 Å². The molecule has 0 saturated heterocycles. The molecule has 0 atom stereocenters. The summed E-state index contributed by atoms with van der Waals surface area (Å²) in [5.41, 5.74) is 1.82. The molecule has 6 heteroatoms. The number of rotatable bonds is 18. The Morgan fingerprint density at radius 3 is 1.25 bits per heavy atom. The van der Waals surface area contributed by atoms with Gasteiger partial charge in [0.2, 0.25) is 16.6 Å². The first-order valence-corrected chi connectivity index (χ1v) is 22.1. The number of unbranched alkanes of at least 4 members (excludes halogenated alkanes) is 10. The van der Waals surface area contributed by atoms with Crippen molar-refractivity contribution in [2.75, 3.05) is 0 Å². The number of carbonyl (C=O) groups excluding carboxylic acids is 2. The Morgan fingerprint density at radius 1 is 0.525 bits per heavy atom. The van der Waals surface area contributed by atoms with Crippen molar-refractivity contribution in [2.24, 2.45) is 0 Å². The van der Waals surface area contributed by atoms with Crippen molar-refractivity contribution in [2.45, 2.75) is 129 Å². The van der Waals surface area contributed by atoms with Gasteiger partial charge in [-0.25, -0.2) is 0 Å². The van der Waals surface area contributed by atoms with Crippen LogP contribution in [0.2, 0.25) is 38.3 Å². The van der Waals surface area contributed by atoms with Gasteiger partial charge in [-0.1, -0.05) is 115 Å². The van der Waals surface area contributed by atoms with Crippen molar-refractivity contribution < 1.29 is 18.4 Å². The SMILES string of the molecule is CCCCCCCC[Si](C)(C)Oc1cc2c(cc1O[Si](C)(C)CCCCCCCC)C(=O)c1ccccc1C2=O. The molecule has 1 aliphatic rings. The number of ketones is 2. The molecule has 0 bridgehead atoms. The van der Waals surface area contributed by atoms with E-state index in [1.54, 1.807) is 12.1 Å². The van der Waals surface area contributed by atoms with E-state index in [9.17, 15) is 9.59 Å². The van der Waals surface area contributed by atoms with Crippen molar-refractivity contribution in [1.29, 1.82) is 0 Å². The van der Waals surface area contributed by atoms with E-state index in [1.165, 1.54) is 64.2 Å². The second-order valence-electron chi connectivity index (χ2n) is 12.8. The van der Waals surface area contributed by atoms with Gasteiger partial charge in [-0.15, -0.1) is 0 Å². The van der Waals surface area contributed by atoms with Gasteiger partial charge in [0.05, 0.1) is 0 Å². The van der Waals surface area contributed by atoms with Gasteiger partial charge in [0.15, 0.2) is 11.6 Å². The standard InChI is InChI=1S/C34H52O4Si2/c1-7-9-11-13-15-19-23-39(3,4)37-31-25-29-30(34(36)28-22-18-17-21-27(28)33(29)35)26-32(31)38-40(5,6)24-20-16-14-12-10-8-2/h17-18,21-22,25-26H,7-16,19-20,23-24H2,1-6H3. The lowest BCUT2D eigenvalue weighted by Crippen LogP contribution is -2.37. The maximum absolute atomic E-state index is 13.5. The van der Waals surface area contributed by atoms with Crippen molar-refractivity contribution in [3.8, 4) is 11.5 Å². The van der Waals surface area contributed by atoms with Crippen LogP contribution < -0.4 is 8.85 Å². The summed E-state index contributed by atoms with van der Waals surface area (Å²) in [4.78, 5) is 27.0. The second kappa shape index (κ2) is 15.2. The van der Waals surface area contributed by atoms with Gasteiger partial charge in [-0.2, -0.15) is 0 Å². The smallest absolute Gasteiger partial charge is 0.245 e. The zero-order valence-corrected chi connectivity index (χ0v) is 28.0. The number of hydrogen-bond donors (Lipinski definition) is 0. The Kier molecular flexibility index (Phi) is 12.3. The molecule has 0 fully saturated rings. The molecule has 0 heterocycles. The predicted octanol–water partition coefficient (Wildman–Crippen LogP) is 10.4. The molecular weight excluding hydrogens is 529 g/mol. The summed E-state index contributed by atoms with van der Waals surface area (Å²) >= 11 is 0. The highest BCUT2D eigenvalue weighted by molar-refractivity contribution is 6.72. The third-order valence-corrected chi connectivity index (χ3v) is 12.7. The van der Waals surface area contributed by atoms with Crippen molar-refractivity contribution in [1.82, 2.24) is 0 Å². The number of carbonyl (C=O) groups is 2. The van der Waals surface area contributed by atoms with Crippen LogP contribution in [0.25, 0.3) is 0 Å². The monoisotopic (exact) mass is 580 g/mol. The Labute approximate surface area is 245 Å². The summed E-state index contributed by atoms with van der Waals surface area (Å²) in [6, 6.07) is 12.9. The molecule has 2 aromatic carbocycles. The van der Waals surface area contributed by atoms with Gasteiger partial charge in [-0.05, 0) is 50.4 Å². The largest absolute Gasteiger partial charge is 0.542 e. The first kappa shape index (κ1) is 32.3. The molecule has 40 heavy (non-hydrogen) atoms. The van der Waals surface area contributed by atoms with Gasteiger partial charge in [-0.3, -0.25) is 9.59 Å². The summed E-state index contributed by atoms with van der Waals surface area (Å²) in [6.07, 6.45) is 15.1. The molecule has 2 aromatic rings. The lowest BCUT2D eigenvalue weighted by Gasteiger charge is -2.31. The molecule has 3 rings (SSSR count). The Morgan fingerprint density at radius 2 is 0.875 bits per heavy atom. The van der Waals surface area contributed by atoms with Crippen LogP contribution in [0.3, 0.4) is 0 Å². The predicted molar refractivity (Wildman–Crippen MR) is 172 cm³/mol. The molecule has 0 aliphatic heterocycles. The Hall–Kier alpha value is -2.19. The minimum Gasteiger partial charge on any atom is -0.542 e. The van der Waals surface area contributed by atoms with E-state index in [1.807, 2.05) is 24.3 Å². The molecule has 0 unspecified atom stereocenters. The summed E-state index contributed by atoms with van der Waals surface area (Å²) in [5, 5.41) is 0. The first-order chi connectivity index (χ1) is 19.1. The van der Waals surface area contributed by atoms with Crippen LogP contribution in [-0.4, -0.2) is 28.2 Å². The molecule has 4 nitrogen and oxygen atoms in total. The summed E-state index contributed by atoms with van der Waals surface area (Å²) in [7, 11) is -4.16. The van der Waals surface area contributed by atoms with E-state index >= 15 is 0 Å². The van der Waals surface area contributed by atoms with Crippen LogP contribution in [0.4, 0.5) is 0 Å². The van der Waals surface area contributed by atoms with Gasteiger partial charge >= 0.3 is 0 Å². The molecule has 0 N–H and O–H groups in total. The number of hydrogen-bond acceptors (Lipinski definition) is 4. The number of benzene rings is 2. The Balaban J connectivity index is 1.83. The lowest BCUT2D eigenvalue weighted by molar-refractivity contribution is 0.0978. The van der Waals surface area contributed by atoms with Crippen LogP contribution in [0, 0.1) is 0 Å². The fraction of sp³-hybridized carbons (Fsp3) is 0.588.